The van der Waals surface area contributed by atoms with Crippen LogP contribution in [0, 0.1) is 0 Å². The summed E-state index contributed by atoms with van der Waals surface area (Å²) in [6, 6.07) is 0. The molecule has 4 heteroatoms. The van der Waals surface area contributed by atoms with Crippen LogP contribution in [0.15, 0.2) is 0 Å². The zero-order chi connectivity index (χ0) is 5.44. The maximum Gasteiger partial charge on any atom is 0.103 e. The van der Waals surface area contributed by atoms with Crippen LogP contribution in [-0.2, 0) is 0 Å². The van der Waals surface area contributed by atoms with E-state index in [1.54, 1.807) is 0 Å². The Labute approximate surface area is 56.9 Å². The molecular weight excluding hydrogens is 156 g/mol. The monoisotopic (exact) mass is 159 g/mol. The second-order valence-electron chi connectivity index (χ2n) is 1.41. The van der Waals surface area contributed by atoms with Crippen LogP contribution in [0.1, 0.15) is 0 Å². The molecule has 0 aromatic carbocycles. The zero-order valence-electron chi connectivity index (χ0n) is 3.37. The number of halogens is 3. The molecule has 2 unspecified atom stereocenters. The summed E-state index contributed by atoms with van der Waals surface area (Å²) < 4.78 is 0. The van der Waals surface area contributed by atoms with Crippen molar-refractivity contribution in [2.75, 3.05) is 0 Å². The number of alkyl halides is 3. The zero-order valence-corrected chi connectivity index (χ0v) is 5.63. The van der Waals surface area contributed by atoms with E-state index in [4.69, 9.17) is 34.8 Å². The van der Waals surface area contributed by atoms with E-state index in [1.165, 1.54) is 0 Å². The van der Waals surface area contributed by atoms with Crippen molar-refractivity contribution >= 4 is 34.8 Å². The molecule has 42 valence electrons. The first-order valence-electron chi connectivity index (χ1n) is 1.90. The first-order chi connectivity index (χ1) is 3.22. The van der Waals surface area contributed by atoms with Gasteiger partial charge in [0.05, 0.1) is 5.38 Å². The van der Waals surface area contributed by atoms with Gasteiger partial charge in [0.25, 0.3) is 0 Å². The lowest BCUT2D eigenvalue weighted by atomic mass is 10.3. The minimum absolute atomic E-state index is 0.108. The third-order valence-electron chi connectivity index (χ3n) is 0.878. The summed E-state index contributed by atoms with van der Waals surface area (Å²) in [5, 5.41) is 2.65. The molecule has 0 amide bonds. The molecule has 0 bridgehead atoms. The number of hydrogen-bond donors (Lipinski definition) is 1. The fraction of sp³-hybridized carbons (Fsp3) is 1.00. The SMILES string of the molecule is ClC1NC(Cl)C1Cl. The largest absolute Gasteiger partial charge is 0.283 e. The lowest BCUT2D eigenvalue weighted by Gasteiger charge is -2.33. The predicted molar refractivity (Wildman–Crippen MR) is 32.1 cm³/mol. The van der Waals surface area contributed by atoms with Gasteiger partial charge in [0.1, 0.15) is 11.0 Å². The highest BCUT2D eigenvalue weighted by Crippen LogP contribution is 2.24. The molecule has 0 saturated carbocycles. The van der Waals surface area contributed by atoms with E-state index in [-0.39, 0.29) is 16.4 Å². The van der Waals surface area contributed by atoms with Gasteiger partial charge >= 0.3 is 0 Å². The molecule has 7 heavy (non-hydrogen) atoms. The molecule has 1 rings (SSSR count). The Morgan fingerprint density at radius 3 is 1.43 bits per heavy atom. The fourth-order valence-corrected chi connectivity index (χ4v) is 1.21. The molecule has 0 spiro atoms. The molecule has 1 saturated heterocycles. The maximum absolute atomic E-state index is 5.52. The Bertz CT molecular complexity index is 68.6. The molecule has 0 aromatic rings. The van der Waals surface area contributed by atoms with Crippen molar-refractivity contribution in [1.82, 2.24) is 5.32 Å². The van der Waals surface area contributed by atoms with E-state index in [0.29, 0.717) is 0 Å². The normalized spacial score (nSPS) is 51.0. The van der Waals surface area contributed by atoms with Gasteiger partial charge in [-0.15, -0.1) is 34.8 Å². The molecule has 1 aliphatic heterocycles. The molecule has 1 fully saturated rings. The second kappa shape index (κ2) is 1.98. The lowest BCUT2D eigenvalue weighted by molar-refractivity contribution is 0.442. The summed E-state index contributed by atoms with van der Waals surface area (Å²) in [5.74, 6) is 0. The van der Waals surface area contributed by atoms with Crippen LogP contribution in [0.4, 0.5) is 0 Å². The van der Waals surface area contributed by atoms with Crippen molar-refractivity contribution in [3.63, 3.8) is 0 Å². The van der Waals surface area contributed by atoms with Crippen LogP contribution in [0.2, 0.25) is 0 Å². The summed E-state index contributed by atoms with van der Waals surface area (Å²) in [6.07, 6.45) is 0. The van der Waals surface area contributed by atoms with E-state index in [0.717, 1.165) is 0 Å². The van der Waals surface area contributed by atoms with Crippen LogP contribution in [-0.4, -0.2) is 16.4 Å². The molecule has 0 aromatic heterocycles. The third-order valence-corrected chi connectivity index (χ3v) is 2.43. The van der Waals surface area contributed by atoms with Crippen LogP contribution in [0.5, 0.6) is 0 Å². The van der Waals surface area contributed by atoms with Gasteiger partial charge in [0.2, 0.25) is 0 Å². The first-order valence-corrected chi connectivity index (χ1v) is 3.21. The van der Waals surface area contributed by atoms with Crippen LogP contribution < -0.4 is 5.32 Å². The van der Waals surface area contributed by atoms with E-state index < -0.39 is 0 Å². The number of nitrogens with one attached hydrogen (secondary N) is 1. The van der Waals surface area contributed by atoms with Gasteiger partial charge in [-0.05, 0) is 0 Å². The van der Waals surface area contributed by atoms with E-state index in [2.05, 4.69) is 5.32 Å². The van der Waals surface area contributed by atoms with Crippen molar-refractivity contribution in [2.24, 2.45) is 0 Å². The Morgan fingerprint density at radius 2 is 1.43 bits per heavy atom. The molecular formula is C3H4Cl3N. The van der Waals surface area contributed by atoms with Gasteiger partial charge in [-0.25, -0.2) is 0 Å². The summed E-state index contributed by atoms with van der Waals surface area (Å²) in [5.41, 5.74) is -0.270. The van der Waals surface area contributed by atoms with E-state index in [9.17, 15) is 0 Å². The molecule has 0 radical (unpaired) electrons. The quantitative estimate of drug-likeness (QED) is 0.416. The molecule has 2 atom stereocenters. The summed E-state index contributed by atoms with van der Waals surface area (Å²) >= 11 is 16.5. The summed E-state index contributed by atoms with van der Waals surface area (Å²) in [7, 11) is 0. The Balaban J connectivity index is 2.29. The third kappa shape index (κ3) is 0.968. The summed E-state index contributed by atoms with van der Waals surface area (Å²) in [6.45, 7) is 0. The smallest absolute Gasteiger partial charge is 0.103 e. The molecule has 0 aliphatic carbocycles. The Morgan fingerprint density at radius 1 is 1.00 bits per heavy atom. The van der Waals surface area contributed by atoms with Crippen LogP contribution in [0.3, 0.4) is 0 Å². The Hall–Kier alpha value is 0.830. The Kier molecular flexibility index (Phi) is 1.68. The van der Waals surface area contributed by atoms with E-state index >= 15 is 0 Å². The lowest BCUT2D eigenvalue weighted by Crippen LogP contribution is -2.56. The first kappa shape index (κ1) is 5.96. The second-order valence-corrected chi connectivity index (χ2v) is 2.86. The van der Waals surface area contributed by atoms with Gasteiger partial charge in [0, 0.05) is 0 Å². The maximum atomic E-state index is 5.52. The average Bonchev–Trinajstić information content (AvgIpc) is 1.68. The standard InChI is InChI=1S/C3H4Cl3N/c4-1-2(5)7-3(1)6/h1-3,7H. The van der Waals surface area contributed by atoms with Crippen molar-refractivity contribution in [1.29, 1.82) is 0 Å². The predicted octanol–water partition coefficient (Wildman–Crippen LogP) is 1.33. The fourth-order valence-electron chi connectivity index (χ4n) is 0.366. The van der Waals surface area contributed by atoms with Gasteiger partial charge < -0.3 is 0 Å². The van der Waals surface area contributed by atoms with Gasteiger partial charge in [-0.3, -0.25) is 5.32 Å². The summed E-state index contributed by atoms with van der Waals surface area (Å²) in [4.78, 5) is 0. The number of rotatable bonds is 0. The highest BCUT2D eigenvalue weighted by atomic mass is 35.5. The average molecular weight is 160 g/mol. The highest BCUT2D eigenvalue weighted by molar-refractivity contribution is 6.37. The van der Waals surface area contributed by atoms with Gasteiger partial charge in [0.15, 0.2) is 0 Å². The van der Waals surface area contributed by atoms with Crippen LogP contribution >= 0.6 is 34.8 Å². The minimum atomic E-state index is -0.135. The van der Waals surface area contributed by atoms with Crippen LogP contribution in [0.25, 0.3) is 0 Å². The highest BCUT2D eigenvalue weighted by Gasteiger charge is 2.35. The van der Waals surface area contributed by atoms with Crippen molar-refractivity contribution in [3.05, 3.63) is 0 Å². The molecule has 1 N–H and O–H groups in total. The minimum Gasteiger partial charge on any atom is -0.283 e. The topological polar surface area (TPSA) is 12.0 Å². The molecule has 1 nitrogen and oxygen atoms in total. The van der Waals surface area contributed by atoms with Gasteiger partial charge in [-0.2, -0.15) is 0 Å². The van der Waals surface area contributed by atoms with Crippen molar-refractivity contribution in [3.8, 4) is 0 Å². The van der Waals surface area contributed by atoms with E-state index in [1.807, 2.05) is 0 Å². The number of hydrogen-bond acceptors (Lipinski definition) is 1. The van der Waals surface area contributed by atoms with Crippen molar-refractivity contribution in [2.45, 2.75) is 16.4 Å². The molecule has 1 heterocycles. The van der Waals surface area contributed by atoms with Crippen molar-refractivity contribution < 1.29 is 0 Å². The molecule has 1 aliphatic rings. The van der Waals surface area contributed by atoms with Gasteiger partial charge in [-0.1, -0.05) is 0 Å².